The van der Waals surface area contributed by atoms with Crippen LogP contribution in [0.5, 0.6) is 0 Å². The minimum absolute atomic E-state index is 0.547. The van der Waals surface area contributed by atoms with Crippen LogP contribution in [0, 0.1) is 12.8 Å². The molecule has 1 aliphatic carbocycles. The summed E-state index contributed by atoms with van der Waals surface area (Å²) in [7, 11) is 0. The monoisotopic (exact) mass is 210 g/mol. The maximum absolute atomic E-state index is 4.26. The summed E-state index contributed by atoms with van der Waals surface area (Å²) in [5.41, 5.74) is 9.70. The van der Waals surface area contributed by atoms with Crippen LogP contribution >= 0.6 is 0 Å². The lowest BCUT2D eigenvalue weighted by atomic mass is 9.93. The molecule has 16 heavy (non-hydrogen) atoms. The molecule has 0 amide bonds. The maximum Gasteiger partial charge on any atom is -0.00778 e. The van der Waals surface area contributed by atoms with Gasteiger partial charge in [-0.2, -0.15) is 0 Å². The van der Waals surface area contributed by atoms with Crippen LogP contribution < -0.4 is 0 Å². The highest BCUT2D eigenvalue weighted by Crippen LogP contribution is 2.40. The largest absolute Gasteiger partial charge is 0.130 e. The van der Waals surface area contributed by atoms with Gasteiger partial charge in [-0.05, 0) is 60.4 Å². The molecule has 1 aromatic carbocycles. The van der Waals surface area contributed by atoms with Crippen molar-refractivity contribution in [1.82, 2.24) is 0 Å². The summed E-state index contributed by atoms with van der Waals surface area (Å²) in [5.74, 6) is 0.547. The van der Waals surface area contributed by atoms with Gasteiger partial charge < -0.3 is 0 Å². The smallest absolute Gasteiger partial charge is 0.00778 e. The van der Waals surface area contributed by atoms with Crippen LogP contribution in [0.25, 0.3) is 5.57 Å². The van der Waals surface area contributed by atoms with Crippen LogP contribution in [0.2, 0.25) is 0 Å². The van der Waals surface area contributed by atoms with E-state index in [2.05, 4.69) is 50.9 Å². The molecule has 1 aliphatic rings. The quantitative estimate of drug-likeness (QED) is 0.638. The summed E-state index contributed by atoms with van der Waals surface area (Å²) in [6, 6.07) is 6.53. The lowest BCUT2D eigenvalue weighted by Gasteiger charge is -2.11. The topological polar surface area (TPSA) is 0 Å². The third-order valence-electron chi connectivity index (χ3n) is 3.49. The fourth-order valence-corrected chi connectivity index (χ4v) is 2.59. The Labute approximate surface area is 98.0 Å². The molecule has 1 unspecified atom stereocenters. The molecule has 1 aromatic rings. The van der Waals surface area contributed by atoms with Gasteiger partial charge in [-0.15, -0.1) is 5.73 Å². The summed E-state index contributed by atoms with van der Waals surface area (Å²) >= 11 is 0. The molecule has 0 spiro atoms. The summed E-state index contributed by atoms with van der Waals surface area (Å²) in [5, 5.41) is 0. The normalized spacial score (nSPS) is 18.1. The van der Waals surface area contributed by atoms with E-state index in [1.807, 2.05) is 0 Å². The van der Waals surface area contributed by atoms with Crippen molar-refractivity contribution in [3.8, 4) is 0 Å². The molecular formula is C16H18. The van der Waals surface area contributed by atoms with Crippen molar-refractivity contribution in [2.75, 3.05) is 0 Å². The van der Waals surface area contributed by atoms with Crippen LogP contribution in [0.4, 0.5) is 0 Å². The van der Waals surface area contributed by atoms with E-state index in [1.54, 1.807) is 0 Å². The first-order chi connectivity index (χ1) is 7.63. The van der Waals surface area contributed by atoms with E-state index in [0.717, 1.165) is 12.8 Å². The van der Waals surface area contributed by atoms with Crippen molar-refractivity contribution in [3.63, 3.8) is 0 Å². The van der Waals surface area contributed by atoms with Gasteiger partial charge in [0, 0.05) is 0 Å². The molecule has 0 nitrogen and oxygen atoms in total. The molecule has 0 aliphatic heterocycles. The van der Waals surface area contributed by atoms with Gasteiger partial charge in [0.05, 0.1) is 0 Å². The minimum Gasteiger partial charge on any atom is -0.130 e. The van der Waals surface area contributed by atoms with E-state index in [1.165, 1.54) is 27.8 Å². The average molecular weight is 210 g/mol. The van der Waals surface area contributed by atoms with Crippen LogP contribution in [-0.4, -0.2) is 0 Å². The molecule has 2 rings (SSSR count). The van der Waals surface area contributed by atoms with Crippen LogP contribution in [-0.2, 0) is 6.42 Å². The third kappa shape index (κ3) is 1.77. The van der Waals surface area contributed by atoms with Gasteiger partial charge in [0.1, 0.15) is 0 Å². The first-order valence-corrected chi connectivity index (χ1v) is 5.76. The fraction of sp³-hybridized carbons (Fsp3) is 0.312. The molecule has 0 heterocycles. The van der Waals surface area contributed by atoms with Gasteiger partial charge in [-0.3, -0.25) is 0 Å². The van der Waals surface area contributed by atoms with Gasteiger partial charge in [-0.25, -0.2) is 0 Å². The van der Waals surface area contributed by atoms with E-state index >= 15 is 0 Å². The lowest BCUT2D eigenvalue weighted by Crippen LogP contribution is -1.98. The van der Waals surface area contributed by atoms with Crippen molar-refractivity contribution >= 4 is 5.57 Å². The molecule has 0 N–H and O–H groups in total. The van der Waals surface area contributed by atoms with Crippen LogP contribution in [0.3, 0.4) is 0 Å². The zero-order valence-corrected chi connectivity index (χ0v) is 10.1. The lowest BCUT2D eigenvalue weighted by molar-refractivity contribution is 0.686. The second-order valence-electron chi connectivity index (χ2n) is 4.70. The number of fused-ring (bicyclic) bond motifs is 1. The van der Waals surface area contributed by atoms with Crippen LogP contribution in [0.15, 0.2) is 42.7 Å². The van der Waals surface area contributed by atoms with E-state index < -0.39 is 0 Å². The Bertz CT molecular complexity index is 485. The first kappa shape index (κ1) is 11.0. The molecule has 0 heteroatoms. The molecule has 0 fully saturated rings. The second-order valence-corrected chi connectivity index (χ2v) is 4.70. The number of hydrogen-bond donors (Lipinski definition) is 0. The van der Waals surface area contributed by atoms with Gasteiger partial charge >= 0.3 is 0 Å². The van der Waals surface area contributed by atoms with E-state index in [0.29, 0.717) is 5.92 Å². The number of hydrogen-bond acceptors (Lipinski definition) is 0. The predicted molar refractivity (Wildman–Crippen MR) is 70.4 cm³/mol. The molecule has 0 saturated heterocycles. The number of allylic oxidation sites excluding steroid dienone is 2. The second kappa shape index (κ2) is 4.15. The van der Waals surface area contributed by atoms with Crippen molar-refractivity contribution in [1.29, 1.82) is 0 Å². The zero-order chi connectivity index (χ0) is 11.7. The Morgan fingerprint density at radius 2 is 2.25 bits per heavy atom. The van der Waals surface area contributed by atoms with Crippen molar-refractivity contribution < 1.29 is 0 Å². The van der Waals surface area contributed by atoms with Crippen molar-refractivity contribution in [3.05, 3.63) is 59.4 Å². The number of benzene rings is 1. The third-order valence-corrected chi connectivity index (χ3v) is 3.49. The summed E-state index contributed by atoms with van der Waals surface area (Å²) in [6.45, 7) is 12.2. The fourth-order valence-electron chi connectivity index (χ4n) is 2.59. The minimum atomic E-state index is 0.547. The van der Waals surface area contributed by atoms with Gasteiger partial charge in [0.2, 0.25) is 0 Å². The van der Waals surface area contributed by atoms with Crippen LogP contribution in [0.1, 0.15) is 30.0 Å². The van der Waals surface area contributed by atoms with Crippen molar-refractivity contribution in [2.24, 2.45) is 5.92 Å². The van der Waals surface area contributed by atoms with Gasteiger partial charge in [-0.1, -0.05) is 31.4 Å². The number of aryl methyl sites for hydroxylation is 1. The molecule has 0 radical (unpaired) electrons. The molecule has 1 atom stereocenters. The molecule has 0 saturated carbocycles. The predicted octanol–water partition coefficient (Wildman–Crippen LogP) is 4.30. The maximum atomic E-state index is 4.26. The Morgan fingerprint density at radius 3 is 2.88 bits per heavy atom. The highest BCUT2D eigenvalue weighted by atomic mass is 14.3. The van der Waals surface area contributed by atoms with Gasteiger partial charge in [0.25, 0.3) is 0 Å². The molecular weight excluding hydrogens is 192 g/mol. The highest BCUT2D eigenvalue weighted by molar-refractivity contribution is 5.75. The molecule has 0 bridgehead atoms. The number of rotatable bonds is 2. The molecule has 0 aromatic heterocycles. The van der Waals surface area contributed by atoms with Gasteiger partial charge in [0.15, 0.2) is 0 Å². The Hall–Kier alpha value is -1.52. The van der Waals surface area contributed by atoms with E-state index in [9.17, 15) is 0 Å². The molecule has 82 valence electrons. The van der Waals surface area contributed by atoms with E-state index in [4.69, 9.17) is 0 Å². The highest BCUT2D eigenvalue weighted by Gasteiger charge is 2.26. The van der Waals surface area contributed by atoms with Crippen molar-refractivity contribution in [2.45, 2.75) is 26.7 Å². The zero-order valence-electron chi connectivity index (χ0n) is 10.1. The Kier molecular flexibility index (Phi) is 2.85. The Balaban J connectivity index is 2.31. The van der Waals surface area contributed by atoms with E-state index in [-0.39, 0.29) is 0 Å². The summed E-state index contributed by atoms with van der Waals surface area (Å²) < 4.78 is 0. The Morgan fingerprint density at radius 1 is 1.50 bits per heavy atom. The SMILES string of the molecule is C=C=C(C)CC1Cc2cccc(C)c2C1=C. The summed E-state index contributed by atoms with van der Waals surface area (Å²) in [6.07, 6.45) is 2.16. The standard InChI is InChI=1S/C16H18/c1-5-11(2)9-15-10-14-8-6-7-12(3)16(14)13(15)4/h6-8,15H,1,4,9-10H2,2-3H3. The summed E-state index contributed by atoms with van der Waals surface area (Å²) in [4.78, 5) is 0. The first-order valence-electron chi connectivity index (χ1n) is 5.76. The average Bonchev–Trinajstić information content (AvgIpc) is 2.57.